The molecule has 0 bridgehead atoms. The third-order valence-corrected chi connectivity index (χ3v) is 4.77. The highest BCUT2D eigenvalue weighted by atomic mass is 16.5. The average molecular weight is 337 g/mol. The summed E-state index contributed by atoms with van der Waals surface area (Å²) in [4.78, 5) is 26.6. The second-order valence-electron chi connectivity index (χ2n) is 6.55. The first-order valence-electron chi connectivity index (χ1n) is 8.42. The van der Waals surface area contributed by atoms with Gasteiger partial charge in [-0.3, -0.25) is 9.59 Å². The third kappa shape index (κ3) is 3.09. The predicted octanol–water partition coefficient (Wildman–Crippen LogP) is 2.70. The summed E-state index contributed by atoms with van der Waals surface area (Å²) in [7, 11) is 0. The van der Waals surface area contributed by atoms with Crippen LogP contribution in [0, 0.1) is 0 Å². The smallest absolute Gasteiger partial charge is 0.260 e. The van der Waals surface area contributed by atoms with Crippen molar-refractivity contribution in [3.63, 3.8) is 0 Å². The second kappa shape index (κ2) is 6.24. The molecule has 1 unspecified atom stereocenters. The normalized spacial score (nSPS) is 21.8. The van der Waals surface area contributed by atoms with E-state index >= 15 is 0 Å². The summed E-state index contributed by atoms with van der Waals surface area (Å²) in [5, 5.41) is 0. The summed E-state index contributed by atoms with van der Waals surface area (Å²) in [6.07, 6.45) is 0.970. The zero-order valence-electron chi connectivity index (χ0n) is 13.8. The molecule has 2 aromatic rings. The van der Waals surface area contributed by atoms with Gasteiger partial charge in [0.25, 0.3) is 5.91 Å². The lowest BCUT2D eigenvalue weighted by atomic mass is 9.89. The second-order valence-corrected chi connectivity index (χ2v) is 6.55. The molecule has 1 atom stereocenters. The first-order chi connectivity index (χ1) is 12.2. The van der Waals surface area contributed by atoms with Crippen LogP contribution in [-0.4, -0.2) is 41.9 Å². The molecule has 1 saturated heterocycles. The number of carbonyl (C=O) groups is 2. The van der Waals surface area contributed by atoms with Crippen molar-refractivity contribution in [2.24, 2.45) is 0 Å². The minimum Gasteiger partial charge on any atom is -0.484 e. The monoisotopic (exact) mass is 337 g/mol. The van der Waals surface area contributed by atoms with Gasteiger partial charge in [0.05, 0.1) is 18.5 Å². The Morgan fingerprint density at radius 1 is 1.12 bits per heavy atom. The van der Waals surface area contributed by atoms with Crippen LogP contribution in [0.1, 0.15) is 23.2 Å². The predicted molar refractivity (Wildman–Crippen MR) is 91.9 cm³/mol. The largest absolute Gasteiger partial charge is 0.484 e. The number of hydrogen-bond acceptors (Lipinski definition) is 4. The number of fused-ring (bicyclic) bond motifs is 1. The first kappa shape index (κ1) is 15.7. The van der Waals surface area contributed by atoms with Gasteiger partial charge in [-0.1, -0.05) is 30.3 Å². The van der Waals surface area contributed by atoms with Crippen molar-refractivity contribution in [2.75, 3.05) is 19.7 Å². The Balaban J connectivity index is 1.41. The van der Waals surface area contributed by atoms with E-state index in [9.17, 15) is 9.59 Å². The molecule has 0 aromatic heterocycles. The number of para-hydroxylation sites is 2. The van der Waals surface area contributed by atoms with Crippen LogP contribution in [0.4, 0.5) is 0 Å². The van der Waals surface area contributed by atoms with Crippen LogP contribution >= 0.6 is 0 Å². The van der Waals surface area contributed by atoms with Gasteiger partial charge in [0, 0.05) is 13.0 Å². The van der Waals surface area contributed by atoms with E-state index in [4.69, 9.17) is 9.47 Å². The fraction of sp³-hybridized carbons (Fsp3) is 0.300. The van der Waals surface area contributed by atoms with E-state index in [1.807, 2.05) is 48.5 Å². The molecule has 1 spiro atoms. The van der Waals surface area contributed by atoms with E-state index in [-0.39, 0.29) is 18.3 Å². The quantitative estimate of drug-likeness (QED) is 0.864. The topological polar surface area (TPSA) is 55.8 Å². The van der Waals surface area contributed by atoms with Crippen LogP contribution in [0.25, 0.3) is 0 Å². The zero-order chi connectivity index (χ0) is 17.3. The van der Waals surface area contributed by atoms with Gasteiger partial charge in [-0.25, -0.2) is 0 Å². The van der Waals surface area contributed by atoms with Gasteiger partial charge in [0.1, 0.15) is 17.1 Å². The number of likely N-dealkylation sites (tertiary alicyclic amines) is 1. The molecular weight excluding hydrogens is 318 g/mol. The molecular formula is C20H19NO4. The molecule has 25 heavy (non-hydrogen) atoms. The molecule has 0 saturated carbocycles. The maximum Gasteiger partial charge on any atom is 0.260 e. The molecule has 2 aliphatic rings. The third-order valence-electron chi connectivity index (χ3n) is 4.77. The van der Waals surface area contributed by atoms with Crippen molar-refractivity contribution in [1.82, 2.24) is 4.90 Å². The summed E-state index contributed by atoms with van der Waals surface area (Å²) in [5.74, 6) is 1.28. The molecule has 0 aliphatic carbocycles. The SMILES string of the molecule is O=C1CC2(CCN(C(=O)COc3ccccc3)C2)Oc2ccccc21. The fourth-order valence-electron chi connectivity index (χ4n) is 3.48. The minimum absolute atomic E-state index is 0.00930. The molecule has 0 radical (unpaired) electrons. The fourth-order valence-corrected chi connectivity index (χ4v) is 3.48. The van der Waals surface area contributed by atoms with Crippen molar-refractivity contribution >= 4 is 11.7 Å². The van der Waals surface area contributed by atoms with Crippen LogP contribution in [0.5, 0.6) is 11.5 Å². The molecule has 2 aliphatic heterocycles. The molecule has 4 rings (SSSR count). The van der Waals surface area contributed by atoms with Crippen LogP contribution < -0.4 is 9.47 Å². The lowest BCUT2D eigenvalue weighted by molar-refractivity contribution is -0.133. The highest BCUT2D eigenvalue weighted by molar-refractivity contribution is 6.00. The number of benzene rings is 2. The molecule has 5 nitrogen and oxygen atoms in total. The summed E-state index contributed by atoms with van der Waals surface area (Å²) in [6, 6.07) is 16.6. The Kier molecular flexibility index (Phi) is 3.92. The van der Waals surface area contributed by atoms with E-state index in [0.29, 0.717) is 43.0 Å². The Labute approximate surface area is 146 Å². The molecule has 1 amide bonds. The van der Waals surface area contributed by atoms with Crippen molar-refractivity contribution in [3.05, 3.63) is 60.2 Å². The molecule has 128 valence electrons. The maximum atomic E-state index is 12.4. The number of amides is 1. The van der Waals surface area contributed by atoms with Gasteiger partial charge in [-0.15, -0.1) is 0 Å². The van der Waals surface area contributed by atoms with E-state index in [2.05, 4.69) is 0 Å². The van der Waals surface area contributed by atoms with Crippen LogP contribution in [0.2, 0.25) is 0 Å². The number of ether oxygens (including phenoxy) is 2. The number of carbonyl (C=O) groups excluding carboxylic acids is 2. The van der Waals surface area contributed by atoms with Crippen LogP contribution in [0.15, 0.2) is 54.6 Å². The van der Waals surface area contributed by atoms with Gasteiger partial charge in [-0.05, 0) is 24.3 Å². The summed E-state index contributed by atoms with van der Waals surface area (Å²) in [5.41, 5.74) is 0.0266. The van der Waals surface area contributed by atoms with E-state index < -0.39 is 5.60 Å². The standard InChI is InChI=1S/C20H19NO4/c22-17-12-20(25-18-9-5-4-8-16(17)18)10-11-21(14-20)19(23)13-24-15-6-2-1-3-7-15/h1-9H,10-14H2. The number of rotatable bonds is 3. The number of hydrogen-bond donors (Lipinski definition) is 0. The molecule has 2 heterocycles. The average Bonchev–Trinajstić information content (AvgIpc) is 3.04. The Hall–Kier alpha value is -2.82. The van der Waals surface area contributed by atoms with Gasteiger partial charge in [0.2, 0.25) is 0 Å². The Morgan fingerprint density at radius 2 is 1.88 bits per heavy atom. The minimum atomic E-state index is -0.603. The summed E-state index contributed by atoms with van der Waals surface area (Å²) < 4.78 is 11.7. The molecule has 5 heteroatoms. The lowest BCUT2D eigenvalue weighted by Gasteiger charge is -2.34. The maximum absolute atomic E-state index is 12.4. The van der Waals surface area contributed by atoms with Gasteiger partial charge < -0.3 is 14.4 Å². The molecule has 2 aromatic carbocycles. The highest BCUT2D eigenvalue weighted by Crippen LogP contribution is 2.38. The summed E-state index contributed by atoms with van der Waals surface area (Å²) in [6.45, 7) is 0.987. The van der Waals surface area contributed by atoms with Crippen molar-refractivity contribution < 1.29 is 19.1 Å². The first-order valence-corrected chi connectivity index (χ1v) is 8.42. The van der Waals surface area contributed by atoms with Crippen LogP contribution in [0.3, 0.4) is 0 Å². The Bertz CT molecular complexity index is 804. The van der Waals surface area contributed by atoms with Crippen molar-refractivity contribution in [3.8, 4) is 11.5 Å². The number of nitrogens with zero attached hydrogens (tertiary/aromatic N) is 1. The number of ketones is 1. The van der Waals surface area contributed by atoms with E-state index in [0.717, 1.165) is 0 Å². The zero-order valence-corrected chi connectivity index (χ0v) is 13.8. The summed E-state index contributed by atoms with van der Waals surface area (Å²) >= 11 is 0. The Morgan fingerprint density at radius 3 is 2.72 bits per heavy atom. The van der Waals surface area contributed by atoms with Crippen molar-refractivity contribution in [1.29, 1.82) is 0 Å². The van der Waals surface area contributed by atoms with Gasteiger partial charge in [0.15, 0.2) is 12.4 Å². The van der Waals surface area contributed by atoms with Crippen LogP contribution in [-0.2, 0) is 4.79 Å². The number of Topliss-reactive ketones (excluding diaryl/α,β-unsaturated/α-hetero) is 1. The van der Waals surface area contributed by atoms with Gasteiger partial charge in [-0.2, -0.15) is 0 Å². The van der Waals surface area contributed by atoms with E-state index in [1.165, 1.54) is 0 Å². The molecule has 0 N–H and O–H groups in total. The van der Waals surface area contributed by atoms with Crippen molar-refractivity contribution in [2.45, 2.75) is 18.4 Å². The lowest BCUT2D eigenvalue weighted by Crippen LogP contribution is -2.45. The van der Waals surface area contributed by atoms with Gasteiger partial charge >= 0.3 is 0 Å². The molecule has 1 fully saturated rings. The highest BCUT2D eigenvalue weighted by Gasteiger charge is 2.46. The van der Waals surface area contributed by atoms with E-state index in [1.54, 1.807) is 11.0 Å².